The highest BCUT2D eigenvalue weighted by molar-refractivity contribution is 6.05. The largest absolute Gasteiger partial charge is 0.462 e. The molecule has 0 spiro atoms. The summed E-state index contributed by atoms with van der Waals surface area (Å²) in [5.74, 6) is -1.65. The second-order valence-corrected chi connectivity index (χ2v) is 17.9. The summed E-state index contributed by atoms with van der Waals surface area (Å²) in [5.41, 5.74) is 0.444. The molecule has 0 aromatic heterocycles. The molecule has 0 N–H and O–H groups in total. The number of carbonyl (C=O) groups excluding carboxylic acids is 3. The number of allylic oxidation sites excluding steroid dienone is 6. The first-order valence-electron chi connectivity index (χ1n) is 26.6. The molecule has 1 aromatic carbocycles. The Labute approximate surface area is 388 Å². The monoisotopic (exact) mass is 877 g/mol. The predicted octanol–water partition coefficient (Wildman–Crippen LogP) is 17.9. The van der Waals surface area contributed by atoms with Crippen molar-refractivity contribution in [1.82, 2.24) is 0 Å². The van der Waals surface area contributed by atoms with Gasteiger partial charge in [0.05, 0.1) is 36.5 Å². The van der Waals surface area contributed by atoms with Gasteiger partial charge in [0.25, 0.3) is 0 Å². The van der Waals surface area contributed by atoms with Crippen LogP contribution in [0.1, 0.15) is 283 Å². The zero-order chi connectivity index (χ0) is 45.5. The summed E-state index contributed by atoms with van der Waals surface area (Å²) >= 11 is 0. The molecule has 0 saturated heterocycles. The fourth-order valence-electron chi connectivity index (χ4n) is 7.74. The van der Waals surface area contributed by atoms with Gasteiger partial charge < -0.3 is 14.2 Å². The number of hydrogen-bond acceptors (Lipinski definition) is 6. The molecular formula is C57H96O6. The minimum Gasteiger partial charge on any atom is -0.462 e. The zero-order valence-corrected chi connectivity index (χ0v) is 41.2. The van der Waals surface area contributed by atoms with Crippen molar-refractivity contribution in [3.8, 4) is 0 Å². The van der Waals surface area contributed by atoms with Crippen LogP contribution in [0.3, 0.4) is 0 Å². The van der Waals surface area contributed by atoms with E-state index >= 15 is 0 Å². The highest BCUT2D eigenvalue weighted by Gasteiger charge is 2.22. The molecule has 0 bridgehead atoms. The van der Waals surface area contributed by atoms with Crippen molar-refractivity contribution in [2.24, 2.45) is 0 Å². The lowest BCUT2D eigenvalue weighted by Gasteiger charge is -2.12. The van der Waals surface area contributed by atoms with Gasteiger partial charge in [-0.05, 0) is 115 Å². The quantitative estimate of drug-likeness (QED) is 0.0281. The summed E-state index contributed by atoms with van der Waals surface area (Å²) in [5, 5.41) is 0. The van der Waals surface area contributed by atoms with E-state index in [9.17, 15) is 14.4 Å². The van der Waals surface area contributed by atoms with Crippen molar-refractivity contribution in [2.75, 3.05) is 19.8 Å². The summed E-state index contributed by atoms with van der Waals surface area (Å²) in [6.45, 7) is 7.64. The Hall–Kier alpha value is -3.15. The average Bonchev–Trinajstić information content (AvgIpc) is 3.29. The number of carbonyl (C=O) groups is 3. The fourth-order valence-corrected chi connectivity index (χ4v) is 7.74. The molecule has 0 fully saturated rings. The Morgan fingerprint density at radius 1 is 0.333 bits per heavy atom. The van der Waals surface area contributed by atoms with Crippen LogP contribution in [0.15, 0.2) is 54.7 Å². The summed E-state index contributed by atoms with van der Waals surface area (Å²) in [6.07, 6.45) is 56.4. The van der Waals surface area contributed by atoms with E-state index in [2.05, 4.69) is 57.2 Å². The minimum atomic E-state index is -0.602. The van der Waals surface area contributed by atoms with E-state index in [-0.39, 0.29) is 23.3 Å². The van der Waals surface area contributed by atoms with Crippen LogP contribution in [-0.4, -0.2) is 37.7 Å². The maximum absolute atomic E-state index is 13.4. The Bertz CT molecular complexity index is 1310. The van der Waals surface area contributed by atoms with Crippen LogP contribution < -0.4 is 0 Å². The molecule has 0 radical (unpaired) electrons. The van der Waals surface area contributed by atoms with E-state index in [0.717, 1.165) is 57.8 Å². The lowest BCUT2D eigenvalue weighted by Crippen LogP contribution is -2.17. The highest BCUT2D eigenvalue weighted by atomic mass is 16.5. The molecule has 0 atom stereocenters. The van der Waals surface area contributed by atoms with E-state index in [1.54, 1.807) is 6.07 Å². The van der Waals surface area contributed by atoms with Crippen molar-refractivity contribution in [1.29, 1.82) is 0 Å². The SMILES string of the molecule is CCCCC/C=C/CCCCCCCCCOC(=O)c1ccc(C(=O)OCCCCCCCCC/C=C/CCCCC)c(C(=O)OCCCCCCCCC/C=C/CCCCC)c1. The second kappa shape index (κ2) is 45.4. The van der Waals surface area contributed by atoms with Gasteiger partial charge in [-0.25, -0.2) is 14.4 Å². The van der Waals surface area contributed by atoms with Crippen molar-refractivity contribution in [3.05, 3.63) is 71.3 Å². The molecule has 6 nitrogen and oxygen atoms in total. The molecule has 360 valence electrons. The molecule has 6 heteroatoms. The normalized spacial score (nSPS) is 11.7. The topological polar surface area (TPSA) is 78.9 Å². The molecule has 0 unspecified atom stereocenters. The molecule has 0 saturated carbocycles. The van der Waals surface area contributed by atoms with Gasteiger partial charge in [-0.3, -0.25) is 0 Å². The fraction of sp³-hybridized carbons (Fsp3) is 0.737. The van der Waals surface area contributed by atoms with Crippen LogP contribution in [0, 0.1) is 0 Å². The standard InChI is InChI=1S/C57H96O6/c1-4-7-10-13-16-19-22-25-28-31-34-37-40-43-48-61-55(58)52-46-47-53(56(59)62-49-44-41-38-35-32-29-26-23-20-17-14-11-8-5-2)54(51-52)57(60)63-50-45-42-39-36-33-30-27-24-21-18-15-12-9-6-3/h16-21,46-47,51H,4-15,22-45,48-50H2,1-3H3/b19-16+,20-17+,21-18+. The number of unbranched alkanes of at least 4 members (excludes halogenated alkanes) is 30. The number of esters is 3. The van der Waals surface area contributed by atoms with Gasteiger partial charge in [-0.1, -0.05) is 192 Å². The molecule has 1 aromatic rings. The summed E-state index contributed by atoms with van der Waals surface area (Å²) in [6, 6.07) is 4.52. The van der Waals surface area contributed by atoms with E-state index in [1.165, 1.54) is 185 Å². The van der Waals surface area contributed by atoms with E-state index in [0.29, 0.717) is 13.2 Å². The molecule has 0 aliphatic rings. The molecule has 0 amide bonds. The van der Waals surface area contributed by atoms with Crippen molar-refractivity contribution in [3.63, 3.8) is 0 Å². The van der Waals surface area contributed by atoms with Gasteiger partial charge in [-0.15, -0.1) is 0 Å². The van der Waals surface area contributed by atoms with Crippen LogP contribution in [0.25, 0.3) is 0 Å². The number of hydrogen-bond donors (Lipinski definition) is 0. The molecule has 63 heavy (non-hydrogen) atoms. The van der Waals surface area contributed by atoms with Crippen molar-refractivity contribution >= 4 is 17.9 Å². The third-order valence-corrected chi connectivity index (χ3v) is 11.9. The number of benzene rings is 1. The maximum atomic E-state index is 13.4. The Morgan fingerprint density at radius 2 is 0.603 bits per heavy atom. The van der Waals surface area contributed by atoms with E-state index in [4.69, 9.17) is 14.2 Å². The molecule has 0 heterocycles. The van der Waals surface area contributed by atoms with E-state index in [1.807, 2.05) is 0 Å². The third-order valence-electron chi connectivity index (χ3n) is 11.9. The summed E-state index contributed by atoms with van der Waals surface area (Å²) in [7, 11) is 0. The number of ether oxygens (including phenoxy) is 3. The van der Waals surface area contributed by atoms with Crippen molar-refractivity contribution < 1.29 is 28.6 Å². The lowest BCUT2D eigenvalue weighted by molar-refractivity contribution is 0.0447. The molecular weight excluding hydrogens is 781 g/mol. The Morgan fingerprint density at radius 3 is 0.937 bits per heavy atom. The summed E-state index contributed by atoms with van der Waals surface area (Å²) < 4.78 is 16.9. The lowest BCUT2D eigenvalue weighted by atomic mass is 10.0. The van der Waals surface area contributed by atoms with Gasteiger partial charge in [-0.2, -0.15) is 0 Å². The minimum absolute atomic E-state index is 0.0663. The molecule has 0 aliphatic heterocycles. The highest BCUT2D eigenvalue weighted by Crippen LogP contribution is 2.19. The Kier molecular flexibility index (Phi) is 41.7. The molecule has 0 aliphatic carbocycles. The Balaban J connectivity index is 2.50. The van der Waals surface area contributed by atoms with Crippen LogP contribution in [0.5, 0.6) is 0 Å². The van der Waals surface area contributed by atoms with Crippen LogP contribution in [0.4, 0.5) is 0 Å². The first-order chi connectivity index (χ1) is 31.0. The van der Waals surface area contributed by atoms with Gasteiger partial charge >= 0.3 is 17.9 Å². The van der Waals surface area contributed by atoms with Crippen LogP contribution >= 0.6 is 0 Å². The zero-order valence-electron chi connectivity index (χ0n) is 41.2. The van der Waals surface area contributed by atoms with Crippen molar-refractivity contribution in [2.45, 2.75) is 252 Å². The predicted molar refractivity (Wildman–Crippen MR) is 268 cm³/mol. The van der Waals surface area contributed by atoms with Gasteiger partial charge in [0.15, 0.2) is 0 Å². The average molecular weight is 877 g/mol. The van der Waals surface area contributed by atoms with E-state index < -0.39 is 17.9 Å². The maximum Gasteiger partial charge on any atom is 0.339 e. The van der Waals surface area contributed by atoms with Gasteiger partial charge in [0.1, 0.15) is 0 Å². The molecule has 1 rings (SSSR count). The van der Waals surface area contributed by atoms with Gasteiger partial charge in [0, 0.05) is 0 Å². The smallest absolute Gasteiger partial charge is 0.339 e. The van der Waals surface area contributed by atoms with Crippen LogP contribution in [0.2, 0.25) is 0 Å². The second-order valence-electron chi connectivity index (χ2n) is 17.9. The third kappa shape index (κ3) is 35.8. The number of rotatable bonds is 45. The first kappa shape index (κ1) is 57.9. The van der Waals surface area contributed by atoms with Crippen LogP contribution in [-0.2, 0) is 14.2 Å². The van der Waals surface area contributed by atoms with Gasteiger partial charge in [0.2, 0.25) is 0 Å². The summed E-state index contributed by atoms with van der Waals surface area (Å²) in [4.78, 5) is 39.7. The first-order valence-corrected chi connectivity index (χ1v) is 26.6.